The molecule has 534 valence electrons. The Bertz CT molecular complexity index is 5000. The van der Waals surface area contributed by atoms with Crippen molar-refractivity contribution in [1.29, 1.82) is 0 Å². The van der Waals surface area contributed by atoms with E-state index >= 15 is 0 Å². The number of isothiocyanates is 2. The number of pyridine rings is 4. The van der Waals surface area contributed by atoms with E-state index in [0.29, 0.717) is 35.8 Å². The van der Waals surface area contributed by atoms with E-state index in [0.717, 1.165) is 61.3 Å². The fraction of sp³-hybridized carbons (Fsp3) is 0.256. The van der Waals surface area contributed by atoms with Crippen molar-refractivity contribution in [2.75, 3.05) is 0 Å². The second kappa shape index (κ2) is 34.1. The van der Waals surface area contributed by atoms with Crippen molar-refractivity contribution in [3.63, 3.8) is 0 Å². The number of nitrogens with zero attached hydrogens (tertiary/aromatic N) is 8. The van der Waals surface area contributed by atoms with E-state index in [2.05, 4.69) is 272 Å². The van der Waals surface area contributed by atoms with Crippen molar-refractivity contribution in [3.8, 4) is 74.7 Å². The van der Waals surface area contributed by atoms with Gasteiger partial charge in [-0.2, -0.15) is 10.3 Å². The summed E-state index contributed by atoms with van der Waals surface area (Å²) >= 11 is 15.0. The molecule has 0 aliphatic carbocycles. The molecule has 0 bridgehead atoms. The number of hydrogen-bond donors (Lipinski definition) is 0. The van der Waals surface area contributed by atoms with Gasteiger partial charge in [0.1, 0.15) is 11.5 Å². The van der Waals surface area contributed by atoms with Crippen molar-refractivity contribution in [2.24, 2.45) is 0 Å². The number of carbonyl (C=O) groups excluding carboxylic acids is 2. The third kappa shape index (κ3) is 18.8. The number of ether oxygens (including phenoxy) is 2. The van der Waals surface area contributed by atoms with Gasteiger partial charge in [-0.1, -0.05) is 132 Å². The number of aryl methyl sites for hydroxylation is 4. The normalized spacial score (nSPS) is 11.5. The Morgan fingerprint density at radius 3 is 0.962 bits per heavy atom. The van der Waals surface area contributed by atoms with Crippen LogP contribution in [0.15, 0.2) is 195 Å². The minimum atomic E-state index is 0. The zero-order valence-corrected chi connectivity index (χ0v) is 67.5. The van der Waals surface area contributed by atoms with Gasteiger partial charge in [-0.05, 0) is 214 Å². The summed E-state index contributed by atoms with van der Waals surface area (Å²) in [7, 11) is 0. The second-order valence-corrected chi connectivity index (χ2v) is 34.4. The molecular formula is C86H82N8O4RuS6. The zero-order chi connectivity index (χ0) is 74.1. The first kappa shape index (κ1) is 78.6. The summed E-state index contributed by atoms with van der Waals surface area (Å²) in [6.45, 7) is 30.4. The molecule has 0 radical (unpaired) electrons. The summed E-state index contributed by atoms with van der Waals surface area (Å²) in [6.07, 6.45) is 11.1. The SMILES string of the molecule is CC(C)(C)c1ccc2c(c1)c1cc(C(C)(C)C)ccc1n2CCCc1ccc(-c2ccc(-c3ccnc(-c4cc(-c5ccc(-c6ccc(CCCn7c8ccc(C(C)(C)C)cc8c8cc(C(C)(C)C)ccc87)s6)s5)ccn4)c3)s2)s1.O=COc1ccnc(-c2cc(OC=O)ccn2)c1.[N-]=C=S.[N-]=C=S.[Ru+2]. The maximum atomic E-state index is 10.2. The van der Waals surface area contributed by atoms with Gasteiger partial charge in [0.05, 0.1) is 22.8 Å². The van der Waals surface area contributed by atoms with Gasteiger partial charge in [-0.15, -0.1) is 45.3 Å². The fourth-order valence-corrected chi connectivity index (χ4v) is 17.0. The quantitative estimate of drug-likeness (QED) is 0.0350. The molecule has 19 heteroatoms. The van der Waals surface area contributed by atoms with E-state index in [1.807, 2.05) is 57.7 Å². The number of rotatable bonds is 18. The third-order valence-electron chi connectivity index (χ3n) is 18.3. The molecule has 0 aliphatic heterocycles. The molecule has 0 unspecified atom stereocenters. The molecule has 14 rings (SSSR count). The van der Waals surface area contributed by atoms with E-state index in [1.165, 1.54) is 128 Å². The van der Waals surface area contributed by atoms with Crippen LogP contribution >= 0.6 is 69.8 Å². The zero-order valence-electron chi connectivity index (χ0n) is 60.9. The summed E-state index contributed by atoms with van der Waals surface area (Å²) in [5.41, 5.74) is 16.4. The molecule has 105 heavy (non-hydrogen) atoms. The van der Waals surface area contributed by atoms with Crippen LogP contribution in [-0.4, -0.2) is 52.3 Å². The molecule has 0 fully saturated rings. The van der Waals surface area contributed by atoms with Crippen molar-refractivity contribution in [1.82, 2.24) is 29.1 Å². The van der Waals surface area contributed by atoms with Crippen molar-refractivity contribution in [3.05, 3.63) is 237 Å². The Hall–Kier alpha value is -8.96. The Labute approximate surface area is 654 Å². The summed E-state index contributed by atoms with van der Waals surface area (Å²) in [6, 6.07) is 61.9. The monoisotopic (exact) mass is 1580 g/mol. The maximum Gasteiger partial charge on any atom is 2.00 e. The molecule has 0 aliphatic rings. The van der Waals surface area contributed by atoms with Crippen LogP contribution in [0.3, 0.4) is 0 Å². The number of thiocarbonyl (C=S) groups is 2. The topological polar surface area (TPSA) is 159 Å². The Kier molecular flexibility index (Phi) is 25.5. The average molecular weight is 1590 g/mol. The fourth-order valence-electron chi connectivity index (χ4n) is 12.7. The van der Waals surface area contributed by atoms with E-state index in [9.17, 15) is 9.59 Å². The van der Waals surface area contributed by atoms with Crippen LogP contribution < -0.4 is 9.47 Å². The number of aromatic nitrogens is 6. The van der Waals surface area contributed by atoms with E-state index in [-0.39, 0.29) is 41.1 Å². The van der Waals surface area contributed by atoms with Crippen molar-refractivity contribution >= 4 is 137 Å². The van der Waals surface area contributed by atoms with E-state index < -0.39 is 0 Å². The van der Waals surface area contributed by atoms with Gasteiger partial charge >= 0.3 is 19.5 Å². The number of carbonyl (C=O) groups is 2. The smallest absolute Gasteiger partial charge is 0.753 e. The van der Waals surface area contributed by atoms with Gasteiger partial charge in [0.15, 0.2) is 0 Å². The van der Waals surface area contributed by atoms with Crippen LogP contribution in [0.25, 0.3) is 118 Å². The van der Waals surface area contributed by atoms with Crippen LogP contribution in [0.2, 0.25) is 0 Å². The molecule has 0 amide bonds. The standard InChI is InChI=1S/C72H74N4S4.C12H8N2O4.2CNS.Ru/c1-69(2,3)47-17-23-59-53(41-47)54-42-48(70(4,5)6)18-24-60(54)75(59)37-13-15-51-21-27-65(77-51)67-31-29-63(79-67)45-33-35-73-57(39-45)58-40-46(34-36-74-58)64-30-32-68(80-64)66-28-22-52(78-66)16-14-38-76-61-25-19-49(71(7,8)9)43-55(61)56-44-50(72(10,11)12)20-26-62(56)76;15-7-17-9-1-3-13-11(5-9)12-6-10(18-8-16)2-4-14-12;2*2-1-3;/h17-36,39-44H,13-16,37-38H2,1-12H3;1-8H;;;/q;;2*-1;+2. The second-order valence-electron chi connectivity index (χ2n) is 29.5. The third-order valence-corrected chi connectivity index (χ3v) is 23.2. The molecule has 4 aromatic carbocycles. The average Bonchev–Trinajstić information content (AvgIpc) is 1.60. The molecular weight excluding hydrogens is 1500 g/mol. The molecule has 10 aromatic heterocycles. The Morgan fingerprint density at radius 1 is 0.381 bits per heavy atom. The largest absolute Gasteiger partial charge is 2.00 e. The number of hydrogen-bond acceptors (Lipinski definition) is 14. The molecule has 0 saturated heterocycles. The molecule has 0 saturated carbocycles. The van der Waals surface area contributed by atoms with Gasteiger partial charge < -0.3 is 29.4 Å². The predicted molar refractivity (Wildman–Crippen MR) is 444 cm³/mol. The summed E-state index contributed by atoms with van der Waals surface area (Å²) in [5.74, 6) is 0.719. The molecule has 14 aromatic rings. The Balaban J connectivity index is 0.000000404. The van der Waals surface area contributed by atoms with Crippen LogP contribution in [0.4, 0.5) is 0 Å². The summed E-state index contributed by atoms with van der Waals surface area (Å²) < 4.78 is 14.6. The molecule has 0 spiro atoms. The summed E-state index contributed by atoms with van der Waals surface area (Å²) in [4.78, 5) is 49.0. The van der Waals surface area contributed by atoms with E-state index in [4.69, 9.17) is 30.3 Å². The first-order valence-corrected chi connectivity index (χ1v) is 38.5. The molecule has 10 heterocycles. The van der Waals surface area contributed by atoms with Gasteiger partial charge in [0.2, 0.25) is 0 Å². The summed E-state index contributed by atoms with van der Waals surface area (Å²) in [5, 5.41) is 22.4. The van der Waals surface area contributed by atoms with Crippen LogP contribution in [-0.2, 0) is 76.7 Å². The first-order valence-electron chi connectivity index (χ1n) is 34.4. The Morgan fingerprint density at radius 2 is 0.657 bits per heavy atom. The number of benzene rings is 4. The minimum Gasteiger partial charge on any atom is -0.753 e. The first-order chi connectivity index (χ1) is 49.8. The maximum absolute atomic E-state index is 10.2. The van der Waals surface area contributed by atoms with Gasteiger partial charge in [-0.3, -0.25) is 29.5 Å². The molecule has 0 atom stereocenters. The molecule has 12 nitrogen and oxygen atoms in total. The number of thiophene rings is 4. The predicted octanol–water partition coefficient (Wildman–Crippen LogP) is 24.3. The van der Waals surface area contributed by atoms with E-state index in [1.54, 1.807) is 24.3 Å². The van der Waals surface area contributed by atoms with Gasteiger partial charge in [0.25, 0.3) is 12.9 Å². The van der Waals surface area contributed by atoms with Crippen LogP contribution in [0, 0.1) is 0 Å². The van der Waals surface area contributed by atoms with Gasteiger partial charge in [0, 0.05) is 133 Å². The van der Waals surface area contributed by atoms with Crippen molar-refractivity contribution in [2.45, 2.75) is 144 Å². The van der Waals surface area contributed by atoms with Crippen LogP contribution in [0.5, 0.6) is 11.5 Å². The van der Waals surface area contributed by atoms with Gasteiger partial charge in [-0.25, -0.2) is 0 Å². The van der Waals surface area contributed by atoms with Crippen LogP contribution in [0.1, 0.15) is 128 Å². The molecule has 0 N–H and O–H groups in total. The minimum absolute atomic E-state index is 0. The number of fused-ring (bicyclic) bond motifs is 6. The van der Waals surface area contributed by atoms with Crippen molar-refractivity contribution < 1.29 is 38.5 Å².